The van der Waals surface area contributed by atoms with E-state index >= 15 is 4.79 Å². The Morgan fingerprint density at radius 1 is 0.468 bits per heavy atom. The van der Waals surface area contributed by atoms with Crippen LogP contribution in [-0.4, -0.2) is 248 Å². The van der Waals surface area contributed by atoms with Crippen molar-refractivity contribution in [2.45, 2.75) is 223 Å². The minimum absolute atomic E-state index is 0.0449. The summed E-state index contributed by atoms with van der Waals surface area (Å²) in [5.74, 6) is -10.9. The molecule has 0 aromatic heterocycles. The molecule has 2 unspecified atom stereocenters. The third-order valence-electron chi connectivity index (χ3n) is 16.5. The Hall–Kier alpha value is -7.19. The number of hydrogen-bond donors (Lipinski definition) is 4. The van der Waals surface area contributed by atoms with Gasteiger partial charge in [-0.15, -0.1) is 0 Å². The molecule has 27 heteroatoms. The lowest BCUT2D eigenvalue weighted by atomic mass is 9.91. The van der Waals surface area contributed by atoms with Gasteiger partial charge in [-0.3, -0.25) is 52.7 Å². The van der Waals surface area contributed by atoms with E-state index < -0.39 is 162 Å². The van der Waals surface area contributed by atoms with Crippen molar-refractivity contribution in [3.05, 3.63) is 12.2 Å². The average molecular weight is 1330 g/mol. The Kier molecular flexibility index (Phi) is 38.4. The standard InChI is InChI=1S/C67H119N11O16/c1-26-28-30-44(15)58(94-54(82)37-93-36-53(81)92-25)57(59(68)83)78(24)67(91)56(43(13)14)77(23)65(89)50(34-41(9)10)76(22)64(88)49(33-40(7)8)75(21)63(87)46(17)70-60(84)45(16)69-61(85)48(32-39(5)6)74(20)66(90)55(42(11)12)71-62(86)47(31-38(3)4)73(19)52(80)35-72(18)51(79)29-27-2/h26,28,38-50,55-58H,27,29-37H2,1-25H3,(H2,68,83)(H,69,85)(H,70,84)(H,71,86)/b28-26+/t44?,45-,46+,47-,48-,49-,50-,55-,56+,57?,58+/m0/s1. The number of nitrogens with one attached hydrogen (secondary N) is 3. The van der Waals surface area contributed by atoms with Crippen molar-refractivity contribution in [3.8, 4) is 0 Å². The zero-order chi connectivity index (χ0) is 73.1. The summed E-state index contributed by atoms with van der Waals surface area (Å²) in [5, 5.41) is 8.20. The van der Waals surface area contributed by atoms with Crippen LogP contribution >= 0.6 is 0 Å². The molecule has 0 saturated heterocycles. The SMILES string of the molecule is C/C=C/CC(C)[C@@H](OC(=O)COCC(=O)OC)C(C(N)=O)N(C)C(=O)[C@@H](C(C)C)N(C)C(=O)[C@H](CC(C)C)N(C)C(=O)[C@H](CC(C)C)N(C)C(=O)[C@@H](C)NC(=O)[C@H](C)NC(=O)[C@H](CC(C)C)N(C)C(=O)[C@@H](NC(=O)[C@H](CC(C)C)N(C)C(=O)CN(C)C(=O)CCC)C(C)C. The van der Waals surface area contributed by atoms with Gasteiger partial charge in [-0.05, 0) is 101 Å². The van der Waals surface area contributed by atoms with Gasteiger partial charge in [-0.25, -0.2) is 9.59 Å². The lowest BCUT2D eigenvalue weighted by Crippen LogP contribution is -2.62. The highest BCUT2D eigenvalue weighted by Crippen LogP contribution is 2.26. The number of allylic oxidation sites excluding steroid dienone is 2. The second-order valence-electron chi connectivity index (χ2n) is 27.4. The third-order valence-corrected chi connectivity index (χ3v) is 16.5. The molecule has 0 bridgehead atoms. The minimum atomic E-state index is -1.55. The van der Waals surface area contributed by atoms with Crippen molar-refractivity contribution in [3.63, 3.8) is 0 Å². The van der Waals surface area contributed by atoms with Crippen LogP contribution in [0, 0.1) is 41.4 Å². The van der Waals surface area contributed by atoms with E-state index in [1.54, 1.807) is 53.7 Å². The maximum absolute atomic E-state index is 15.0. The average Bonchev–Trinajstić information content (AvgIpc) is 0.822. The molecule has 0 aromatic rings. The number of nitrogens with zero attached hydrogens (tertiary/aromatic N) is 7. The van der Waals surface area contributed by atoms with Crippen molar-refractivity contribution >= 4 is 76.9 Å². The molecule has 0 fully saturated rings. The zero-order valence-electron chi connectivity index (χ0n) is 61.3. The van der Waals surface area contributed by atoms with Crippen LogP contribution in [0.1, 0.15) is 163 Å². The van der Waals surface area contributed by atoms with Crippen LogP contribution in [0.5, 0.6) is 0 Å². The molecular formula is C67H119N11O16. The predicted octanol–water partition coefficient (Wildman–Crippen LogP) is 3.39. The highest BCUT2D eigenvalue weighted by Gasteiger charge is 2.46. The Balaban J connectivity index is 6.90. The topological polar surface area (TPSA) is 334 Å². The van der Waals surface area contributed by atoms with Crippen LogP contribution in [0.3, 0.4) is 0 Å². The zero-order valence-corrected chi connectivity index (χ0v) is 61.3. The quantitative estimate of drug-likeness (QED) is 0.0504. The maximum Gasteiger partial charge on any atom is 0.332 e. The number of ether oxygens (including phenoxy) is 3. The highest BCUT2D eigenvalue weighted by molar-refractivity contribution is 5.99. The summed E-state index contributed by atoms with van der Waals surface area (Å²) in [6.45, 7) is 28.4. The molecule has 27 nitrogen and oxygen atoms in total. The van der Waals surface area contributed by atoms with E-state index in [-0.39, 0.29) is 68.2 Å². The number of esters is 2. The second-order valence-corrected chi connectivity index (χ2v) is 27.4. The molecule has 0 radical (unpaired) electrons. The van der Waals surface area contributed by atoms with Gasteiger partial charge in [0.2, 0.25) is 65.0 Å². The van der Waals surface area contributed by atoms with Gasteiger partial charge in [-0.1, -0.05) is 109 Å². The smallest absolute Gasteiger partial charge is 0.332 e. The number of carbonyl (C=O) groups excluding carboxylic acids is 13. The van der Waals surface area contributed by atoms with Gasteiger partial charge in [0.25, 0.3) is 0 Å². The summed E-state index contributed by atoms with van der Waals surface area (Å²) in [5.41, 5.74) is 6.00. The fourth-order valence-electron chi connectivity index (χ4n) is 10.9. The van der Waals surface area contributed by atoms with Crippen LogP contribution in [0.15, 0.2) is 12.2 Å². The molecule has 0 aromatic carbocycles. The lowest BCUT2D eigenvalue weighted by molar-refractivity contribution is -0.168. The van der Waals surface area contributed by atoms with Gasteiger partial charge in [0.15, 0.2) is 0 Å². The fourth-order valence-corrected chi connectivity index (χ4v) is 10.9. The fraction of sp³-hybridized carbons (Fsp3) is 0.776. The van der Waals surface area contributed by atoms with Crippen molar-refractivity contribution in [2.75, 3.05) is 76.2 Å². The molecule has 94 heavy (non-hydrogen) atoms. The van der Waals surface area contributed by atoms with Crippen molar-refractivity contribution in [1.82, 2.24) is 50.2 Å². The molecule has 11 atom stereocenters. The molecule has 5 N–H and O–H groups in total. The molecular weight excluding hydrogens is 1210 g/mol. The van der Waals surface area contributed by atoms with E-state index in [0.717, 1.165) is 12.0 Å². The van der Waals surface area contributed by atoms with E-state index in [1.807, 2.05) is 62.3 Å². The summed E-state index contributed by atoms with van der Waals surface area (Å²) in [4.78, 5) is 189. The number of rotatable bonds is 41. The maximum atomic E-state index is 15.0. The number of methoxy groups -OCH3 is 1. The van der Waals surface area contributed by atoms with Crippen LogP contribution in [-0.2, 0) is 76.5 Å². The summed E-state index contributed by atoms with van der Waals surface area (Å²) >= 11 is 0. The number of hydrogen-bond acceptors (Lipinski definition) is 16. The number of primary amides is 1. The number of likely N-dealkylation sites (N-methyl/N-ethyl adjacent to an activating group) is 7. The molecule has 0 aliphatic rings. The number of nitrogens with two attached hydrogens (primary N) is 1. The van der Waals surface area contributed by atoms with Crippen LogP contribution in [0.2, 0.25) is 0 Å². The molecule has 0 rings (SSSR count). The van der Waals surface area contributed by atoms with E-state index in [9.17, 15) is 57.5 Å². The van der Waals surface area contributed by atoms with Gasteiger partial charge in [0.05, 0.1) is 13.7 Å². The molecule has 0 heterocycles. The third kappa shape index (κ3) is 27.3. The van der Waals surface area contributed by atoms with E-state index in [2.05, 4.69) is 20.7 Å². The van der Waals surface area contributed by atoms with Gasteiger partial charge < -0.3 is 70.2 Å². The normalized spacial score (nSPS) is 15.1. The van der Waals surface area contributed by atoms with Crippen molar-refractivity contribution in [2.24, 2.45) is 47.2 Å². The first-order valence-corrected chi connectivity index (χ1v) is 33.0. The summed E-state index contributed by atoms with van der Waals surface area (Å²) in [6.07, 6.45) is 4.03. The van der Waals surface area contributed by atoms with Crippen molar-refractivity contribution < 1.29 is 76.5 Å². The Morgan fingerprint density at radius 2 is 0.894 bits per heavy atom. The lowest BCUT2D eigenvalue weighted by Gasteiger charge is -2.41. The summed E-state index contributed by atoms with van der Waals surface area (Å²) in [6, 6.07) is -11.0. The summed E-state index contributed by atoms with van der Waals surface area (Å²) in [7, 11) is 11.2. The highest BCUT2D eigenvalue weighted by atomic mass is 16.6. The first-order valence-electron chi connectivity index (χ1n) is 33.0. The Morgan fingerprint density at radius 3 is 1.34 bits per heavy atom. The van der Waals surface area contributed by atoms with Crippen LogP contribution < -0.4 is 21.7 Å². The number of amides is 11. The minimum Gasteiger partial charge on any atom is -0.467 e. The van der Waals surface area contributed by atoms with E-state index in [0.29, 0.717) is 12.8 Å². The molecule has 0 spiro atoms. The molecule has 0 aliphatic carbocycles. The van der Waals surface area contributed by atoms with Crippen LogP contribution in [0.25, 0.3) is 0 Å². The molecule has 0 aliphatic heterocycles. The van der Waals surface area contributed by atoms with Gasteiger partial charge in [-0.2, -0.15) is 0 Å². The van der Waals surface area contributed by atoms with Gasteiger partial charge in [0, 0.05) is 55.8 Å². The predicted molar refractivity (Wildman–Crippen MR) is 357 cm³/mol. The first kappa shape index (κ1) is 86.8. The Labute approximate surface area is 560 Å². The second kappa shape index (κ2) is 41.6. The number of carbonyl (C=O) groups is 13. The molecule has 0 saturated carbocycles. The monoisotopic (exact) mass is 1330 g/mol. The van der Waals surface area contributed by atoms with E-state index in [4.69, 9.17) is 15.2 Å². The van der Waals surface area contributed by atoms with Gasteiger partial charge >= 0.3 is 11.9 Å². The first-order chi connectivity index (χ1) is 43.5. The molecule has 538 valence electrons. The largest absolute Gasteiger partial charge is 0.467 e. The van der Waals surface area contributed by atoms with E-state index in [1.165, 1.54) is 92.6 Å². The molecule has 11 amide bonds. The Bertz CT molecular complexity index is 2580. The van der Waals surface area contributed by atoms with Crippen LogP contribution in [0.4, 0.5) is 0 Å². The summed E-state index contributed by atoms with van der Waals surface area (Å²) < 4.78 is 15.5. The van der Waals surface area contributed by atoms with Gasteiger partial charge in [0.1, 0.15) is 73.7 Å². The van der Waals surface area contributed by atoms with Crippen molar-refractivity contribution in [1.29, 1.82) is 0 Å².